The molecule has 1 N–H and O–H groups in total. The van der Waals surface area contributed by atoms with Gasteiger partial charge in [0.2, 0.25) is 10.0 Å². The highest BCUT2D eigenvalue weighted by Gasteiger charge is 2.33. The molecule has 1 aliphatic heterocycles. The summed E-state index contributed by atoms with van der Waals surface area (Å²) in [5.74, 6) is -0.690. The molecule has 2 aliphatic rings. The molecule has 0 unspecified atom stereocenters. The van der Waals surface area contributed by atoms with Crippen LogP contribution >= 0.6 is 0 Å². The fourth-order valence-corrected chi connectivity index (χ4v) is 5.61. The number of nitrogens with one attached hydrogen (secondary N) is 1. The Morgan fingerprint density at radius 2 is 1.90 bits per heavy atom. The van der Waals surface area contributed by atoms with E-state index >= 15 is 0 Å². The molecule has 1 saturated heterocycles. The Labute approximate surface area is 181 Å². The predicted octanol–water partition coefficient (Wildman–Crippen LogP) is 2.03. The van der Waals surface area contributed by atoms with Crippen LogP contribution in [0.4, 0.5) is 0 Å². The third kappa shape index (κ3) is 4.99. The first-order valence-electron chi connectivity index (χ1n) is 10.5. The molecule has 1 fully saturated rings. The van der Waals surface area contributed by atoms with E-state index in [0.29, 0.717) is 23.5 Å². The number of piperidine rings is 1. The van der Waals surface area contributed by atoms with Crippen LogP contribution in [0.1, 0.15) is 36.1 Å². The van der Waals surface area contributed by atoms with Crippen molar-refractivity contribution in [3.05, 3.63) is 53.5 Å². The van der Waals surface area contributed by atoms with Crippen molar-refractivity contribution < 1.29 is 27.2 Å². The predicted molar refractivity (Wildman–Crippen MR) is 111 cm³/mol. The maximum atomic E-state index is 13.0. The zero-order valence-corrected chi connectivity index (χ0v) is 18.0. The number of ether oxygens (including phenoxy) is 1. The molecule has 1 amide bonds. The van der Waals surface area contributed by atoms with Gasteiger partial charge in [-0.25, -0.2) is 8.42 Å². The summed E-state index contributed by atoms with van der Waals surface area (Å²) in [5.41, 5.74) is 2.35. The van der Waals surface area contributed by atoms with Crippen molar-refractivity contribution in [3.8, 4) is 0 Å². The van der Waals surface area contributed by atoms with Crippen LogP contribution in [0.15, 0.2) is 45.9 Å². The van der Waals surface area contributed by atoms with Gasteiger partial charge in [-0.05, 0) is 67.5 Å². The van der Waals surface area contributed by atoms with E-state index in [1.807, 2.05) is 6.07 Å². The quantitative estimate of drug-likeness (QED) is 0.653. The molecular weight excluding hydrogens is 420 g/mol. The summed E-state index contributed by atoms with van der Waals surface area (Å²) in [7, 11) is -3.58. The summed E-state index contributed by atoms with van der Waals surface area (Å²) in [6.07, 6.45) is 5.24. The number of hydrogen-bond donors (Lipinski definition) is 1. The van der Waals surface area contributed by atoms with Gasteiger partial charge in [0.05, 0.1) is 23.6 Å². The van der Waals surface area contributed by atoms with Gasteiger partial charge in [-0.2, -0.15) is 4.31 Å². The molecule has 0 atom stereocenters. The topological polar surface area (TPSA) is 106 Å². The smallest absolute Gasteiger partial charge is 0.309 e. The van der Waals surface area contributed by atoms with Crippen molar-refractivity contribution in [1.29, 1.82) is 0 Å². The number of furan rings is 1. The van der Waals surface area contributed by atoms with Crippen molar-refractivity contribution in [3.63, 3.8) is 0 Å². The molecule has 0 spiro atoms. The molecular formula is C22H26N2O6S. The molecule has 31 heavy (non-hydrogen) atoms. The van der Waals surface area contributed by atoms with Crippen LogP contribution in [0.2, 0.25) is 0 Å². The number of amides is 1. The minimum absolute atomic E-state index is 0.225. The summed E-state index contributed by atoms with van der Waals surface area (Å²) in [5, 5.41) is 2.61. The van der Waals surface area contributed by atoms with Crippen LogP contribution in [0.3, 0.4) is 0 Å². The number of nitrogens with zero attached hydrogens (tertiary/aromatic N) is 1. The van der Waals surface area contributed by atoms with E-state index in [4.69, 9.17) is 9.15 Å². The van der Waals surface area contributed by atoms with E-state index in [2.05, 4.69) is 5.32 Å². The zero-order valence-electron chi connectivity index (χ0n) is 17.2. The fraction of sp³-hybridized carbons (Fsp3) is 0.455. The molecule has 0 bridgehead atoms. The third-order valence-corrected chi connectivity index (χ3v) is 7.78. The standard InChI is InChI=1S/C22H26N2O6S/c25-21(23-14-19-5-2-12-29-19)15-30-22(26)17-8-10-24(11-9-17)31(27,28)20-7-6-16-3-1-4-18(16)13-20/h2,5-7,12-13,17H,1,3-4,8-11,14-15H2,(H,23,25). The maximum absolute atomic E-state index is 13.0. The monoisotopic (exact) mass is 446 g/mol. The lowest BCUT2D eigenvalue weighted by Gasteiger charge is -2.30. The Morgan fingerprint density at radius 1 is 1.13 bits per heavy atom. The van der Waals surface area contributed by atoms with Crippen LogP contribution in [0, 0.1) is 5.92 Å². The normalized spacial score (nSPS) is 17.3. The SMILES string of the molecule is O=C(COC(=O)C1CCN(S(=O)(=O)c2ccc3c(c2)CCC3)CC1)NCc1ccco1. The van der Waals surface area contributed by atoms with Gasteiger partial charge in [0, 0.05) is 13.1 Å². The average Bonchev–Trinajstić information content (AvgIpc) is 3.47. The summed E-state index contributed by atoms with van der Waals surface area (Å²) in [6.45, 7) is 0.364. The Kier molecular flexibility index (Phi) is 6.43. The van der Waals surface area contributed by atoms with Gasteiger partial charge < -0.3 is 14.5 Å². The van der Waals surface area contributed by atoms with Crippen LogP contribution in [-0.2, 0) is 43.7 Å². The Hall–Kier alpha value is -2.65. The number of carbonyl (C=O) groups excluding carboxylic acids is 2. The number of benzene rings is 1. The molecule has 4 rings (SSSR count). The molecule has 2 heterocycles. The van der Waals surface area contributed by atoms with Crippen molar-refractivity contribution in [2.75, 3.05) is 19.7 Å². The van der Waals surface area contributed by atoms with Gasteiger partial charge in [-0.3, -0.25) is 9.59 Å². The summed E-state index contributed by atoms with van der Waals surface area (Å²) < 4.78 is 37.7. The largest absolute Gasteiger partial charge is 0.467 e. The van der Waals surface area contributed by atoms with Gasteiger partial charge >= 0.3 is 5.97 Å². The maximum Gasteiger partial charge on any atom is 0.309 e. The van der Waals surface area contributed by atoms with Crippen molar-refractivity contribution in [2.24, 2.45) is 5.92 Å². The molecule has 166 valence electrons. The van der Waals surface area contributed by atoms with E-state index in [9.17, 15) is 18.0 Å². The highest BCUT2D eigenvalue weighted by molar-refractivity contribution is 7.89. The number of hydrogen-bond acceptors (Lipinski definition) is 6. The fourth-order valence-electron chi connectivity index (χ4n) is 4.09. The van der Waals surface area contributed by atoms with Crippen molar-refractivity contribution >= 4 is 21.9 Å². The van der Waals surface area contributed by atoms with E-state index in [-0.39, 0.29) is 26.2 Å². The Morgan fingerprint density at radius 3 is 2.65 bits per heavy atom. The van der Waals surface area contributed by atoms with Gasteiger partial charge in [-0.1, -0.05) is 6.07 Å². The van der Waals surface area contributed by atoms with Crippen molar-refractivity contribution in [1.82, 2.24) is 9.62 Å². The molecule has 1 aliphatic carbocycles. The van der Waals surface area contributed by atoms with Crippen molar-refractivity contribution in [2.45, 2.75) is 43.5 Å². The van der Waals surface area contributed by atoms with Crippen LogP contribution in [0.25, 0.3) is 0 Å². The average molecular weight is 447 g/mol. The molecule has 8 nitrogen and oxygen atoms in total. The van der Waals surface area contributed by atoms with Crippen LogP contribution in [-0.4, -0.2) is 44.3 Å². The summed E-state index contributed by atoms with van der Waals surface area (Å²) in [4.78, 5) is 24.5. The van der Waals surface area contributed by atoms with E-state index in [0.717, 1.165) is 24.8 Å². The minimum atomic E-state index is -3.58. The lowest BCUT2D eigenvalue weighted by molar-refractivity contribution is -0.153. The summed E-state index contributed by atoms with van der Waals surface area (Å²) >= 11 is 0. The van der Waals surface area contributed by atoms with E-state index in [1.165, 1.54) is 16.1 Å². The lowest BCUT2D eigenvalue weighted by Crippen LogP contribution is -2.41. The first-order chi connectivity index (χ1) is 14.9. The van der Waals surface area contributed by atoms with E-state index in [1.54, 1.807) is 24.3 Å². The number of rotatable bonds is 7. The summed E-state index contributed by atoms with van der Waals surface area (Å²) in [6, 6.07) is 8.84. The number of carbonyl (C=O) groups is 2. The number of sulfonamides is 1. The molecule has 9 heteroatoms. The third-order valence-electron chi connectivity index (χ3n) is 5.88. The first kappa shape index (κ1) is 21.6. The number of esters is 1. The lowest BCUT2D eigenvalue weighted by atomic mass is 9.98. The van der Waals surface area contributed by atoms with Gasteiger partial charge in [0.25, 0.3) is 5.91 Å². The van der Waals surface area contributed by atoms with Gasteiger partial charge in [0.1, 0.15) is 5.76 Å². The van der Waals surface area contributed by atoms with Gasteiger partial charge in [0.15, 0.2) is 6.61 Å². The second kappa shape index (κ2) is 9.23. The highest BCUT2D eigenvalue weighted by Crippen LogP contribution is 2.28. The second-order valence-corrected chi connectivity index (χ2v) is 9.86. The minimum Gasteiger partial charge on any atom is -0.467 e. The Balaban J connectivity index is 1.25. The second-order valence-electron chi connectivity index (χ2n) is 7.93. The van der Waals surface area contributed by atoms with Crippen LogP contribution in [0.5, 0.6) is 0 Å². The number of aryl methyl sites for hydroxylation is 2. The Bertz CT molecular complexity index is 1040. The molecule has 2 aromatic rings. The zero-order chi connectivity index (χ0) is 21.8. The molecule has 0 saturated carbocycles. The van der Waals surface area contributed by atoms with E-state index < -0.39 is 27.8 Å². The highest BCUT2D eigenvalue weighted by atomic mass is 32.2. The first-order valence-corrected chi connectivity index (χ1v) is 11.9. The molecule has 1 aromatic carbocycles. The van der Waals surface area contributed by atoms with Gasteiger partial charge in [-0.15, -0.1) is 0 Å². The number of fused-ring (bicyclic) bond motifs is 1. The molecule has 1 aromatic heterocycles. The molecule has 0 radical (unpaired) electrons. The van der Waals surface area contributed by atoms with Crippen LogP contribution < -0.4 is 5.32 Å².